The third-order valence-electron chi connectivity index (χ3n) is 10.7. The highest BCUT2D eigenvalue weighted by Crippen LogP contribution is 2.58. The van der Waals surface area contributed by atoms with Gasteiger partial charge in [0.1, 0.15) is 6.79 Å². The molecule has 4 unspecified atom stereocenters. The average molecular weight is 1240 g/mol. The van der Waals surface area contributed by atoms with Gasteiger partial charge in [0.05, 0.1) is 35.9 Å². The lowest BCUT2D eigenvalue weighted by Crippen LogP contribution is -2.42. The molecule has 0 aromatic rings. The Labute approximate surface area is 500 Å². The lowest BCUT2D eigenvalue weighted by Gasteiger charge is -2.37. The Morgan fingerprint density at radius 2 is 1.13 bits per heavy atom. The van der Waals surface area contributed by atoms with Gasteiger partial charge in [0.2, 0.25) is 14.7 Å². The first-order valence-electron chi connectivity index (χ1n) is 28.4. The van der Waals surface area contributed by atoms with Crippen molar-refractivity contribution in [3.8, 4) is 0 Å². The lowest BCUT2D eigenvalue weighted by molar-refractivity contribution is -0.145. The van der Waals surface area contributed by atoms with Gasteiger partial charge in [-0.15, -0.1) is 23.3 Å². The van der Waals surface area contributed by atoms with Crippen LogP contribution in [0.25, 0.3) is 0 Å². The van der Waals surface area contributed by atoms with E-state index in [0.717, 1.165) is 38.2 Å². The molecule has 2 saturated heterocycles. The number of rotatable bonds is 34. The molecule has 3 rings (SSSR count). The minimum Gasteiger partial charge on any atom is -0.446 e. The number of carbonyl (C=O) groups excluding carboxylic acids is 3. The minimum absolute atomic E-state index is 0.151. The summed E-state index contributed by atoms with van der Waals surface area (Å²) in [5.41, 5.74) is -1.41. The molecule has 2 N–H and O–H groups in total. The van der Waals surface area contributed by atoms with Gasteiger partial charge in [0.15, 0.2) is 21.1 Å². The molecule has 0 aliphatic carbocycles. The summed E-state index contributed by atoms with van der Waals surface area (Å²) in [4.78, 5) is 44.3. The predicted octanol–water partition coefficient (Wildman–Crippen LogP) is 15.0. The Hall–Kier alpha value is 0.560. The molecule has 0 radical (unpaired) electrons. The average Bonchev–Trinajstić information content (AvgIpc) is 3.97. The van der Waals surface area contributed by atoms with Gasteiger partial charge in [-0.25, -0.2) is 9.34 Å². The highest BCUT2D eigenvalue weighted by Gasteiger charge is 2.70. The number of likely N-dealkylation sites (tertiary alicyclic amines) is 1. The summed E-state index contributed by atoms with van der Waals surface area (Å²) in [6, 6.07) is 1.18. The Bertz CT molecular complexity index is 1440. The van der Waals surface area contributed by atoms with Crippen molar-refractivity contribution in [3.63, 3.8) is 0 Å². The van der Waals surface area contributed by atoms with Crippen molar-refractivity contribution in [2.45, 2.75) is 210 Å². The Morgan fingerprint density at radius 3 is 1.56 bits per heavy atom. The van der Waals surface area contributed by atoms with Crippen molar-refractivity contribution in [3.05, 3.63) is 12.2 Å². The number of hydrogen-bond donors (Lipinski definition) is 5. The van der Waals surface area contributed by atoms with E-state index in [1.54, 1.807) is 12.7 Å². The number of imide groups is 1. The van der Waals surface area contributed by atoms with Gasteiger partial charge in [-0.3, -0.25) is 24.5 Å². The number of aliphatic hydroxyl groups excluding tert-OH is 2. The zero-order valence-corrected chi connectivity index (χ0v) is 56.8. The topological polar surface area (TPSA) is 163 Å². The summed E-state index contributed by atoms with van der Waals surface area (Å²) in [6.07, 6.45) is 22.3. The fourth-order valence-corrected chi connectivity index (χ4v) is 15.8. The summed E-state index contributed by atoms with van der Waals surface area (Å²) in [6.45, 7) is 32.4. The smallest absolute Gasteiger partial charge is 0.322 e. The molecule has 23 heteroatoms. The van der Waals surface area contributed by atoms with Crippen LogP contribution in [0.3, 0.4) is 0 Å². The summed E-state index contributed by atoms with van der Waals surface area (Å²) >= 11 is 9.97. The third kappa shape index (κ3) is 35.9. The van der Waals surface area contributed by atoms with Crippen molar-refractivity contribution in [1.82, 2.24) is 14.2 Å². The molecule has 14 nitrogen and oxygen atoms in total. The second-order valence-corrected chi connectivity index (χ2v) is 26.3. The van der Waals surface area contributed by atoms with Crippen molar-refractivity contribution in [1.29, 1.82) is 2.86 Å². The van der Waals surface area contributed by atoms with E-state index in [-0.39, 0.29) is 30.2 Å². The van der Waals surface area contributed by atoms with Crippen LogP contribution in [0.15, 0.2) is 22.1 Å². The van der Waals surface area contributed by atoms with Crippen LogP contribution in [0.1, 0.15) is 177 Å². The van der Waals surface area contributed by atoms with Gasteiger partial charge < -0.3 is 33.3 Å². The molecule has 0 spiro atoms. The van der Waals surface area contributed by atoms with E-state index in [4.69, 9.17) is 28.7 Å². The summed E-state index contributed by atoms with van der Waals surface area (Å²) < 4.78 is 54.0. The van der Waals surface area contributed by atoms with Crippen LogP contribution >= 0.6 is 96.0 Å². The predicted molar refractivity (Wildman–Crippen MR) is 349 cm³/mol. The summed E-state index contributed by atoms with van der Waals surface area (Å²) in [5.74, 6) is 3.71. The van der Waals surface area contributed by atoms with Gasteiger partial charge in [0, 0.05) is 77.2 Å². The minimum atomic E-state index is -1.23. The fraction of sp³-hybridized carbons (Fsp3) is 0.865. The van der Waals surface area contributed by atoms with Crippen molar-refractivity contribution < 1.29 is 45.7 Å². The number of fused-ring (bicyclic) bond motifs is 5. The quantitative estimate of drug-likeness (QED) is 0.00604. The maximum Gasteiger partial charge on any atom is 0.322 e. The molecule has 2 fully saturated rings. The van der Waals surface area contributed by atoms with E-state index >= 15 is 0 Å². The van der Waals surface area contributed by atoms with Crippen molar-refractivity contribution in [2.24, 2.45) is 21.8 Å². The number of amides is 2. The number of thiol groups is 3. The Balaban J connectivity index is -0.000000338. The largest absolute Gasteiger partial charge is 0.446 e. The molecule has 2 bridgehead atoms. The summed E-state index contributed by atoms with van der Waals surface area (Å²) in [7, 11) is 8.16. The van der Waals surface area contributed by atoms with Gasteiger partial charge >= 0.3 is 8.53 Å². The van der Waals surface area contributed by atoms with Gasteiger partial charge in [0.25, 0.3) is 0 Å². The van der Waals surface area contributed by atoms with Gasteiger partial charge in [-0.1, -0.05) is 115 Å². The highest BCUT2D eigenvalue weighted by molar-refractivity contribution is 8.77. The zero-order valence-electron chi connectivity index (χ0n) is 53.1. The van der Waals surface area contributed by atoms with Crippen LogP contribution in [-0.2, 0) is 32.7 Å². The normalized spacial score (nSPS) is 20.4. The van der Waals surface area contributed by atoms with Crippen LogP contribution in [0.2, 0.25) is 0 Å². The maximum atomic E-state index is 13.3. The van der Waals surface area contributed by atoms with E-state index in [9.17, 15) is 9.59 Å². The van der Waals surface area contributed by atoms with Crippen LogP contribution in [0.4, 0.5) is 0 Å². The van der Waals surface area contributed by atoms with E-state index in [1.165, 1.54) is 94.1 Å². The first kappa shape index (κ1) is 75.6. The second-order valence-electron chi connectivity index (χ2n) is 17.8. The fourth-order valence-electron chi connectivity index (χ4n) is 7.83. The number of carbonyl (C=O) groups is 3. The standard InChI is InChI=1S/C21H45N2O2PS2.C20H32N3O4P.C7H16S2.2CH4O.CH2O.CH4S.H2S2/c1-7-9-10-14-17-27-28-18-15-12-11-13-16-24-26(25-19-22-8-2)23(20(3)4)21(5)6;1-8-21-11-26-28(23(13(2)3)14(4)5)12-22-17(24)15-16(18(22)25)20(7)10-9-19(15,6)27-20;1-3-5-7-9-8-6-4-2;5*1-2/h19-21H,7-18H2,1-6H3;9-11,13-16H,8,12H2,1-7H3;3-7H2,1-2H3;2*2H,1H3;1H2;2H,1H3;1-2H/t;15-,16+,19?,20?,28?;;;;;;/i1D;;2D;2*2T;;;. The van der Waals surface area contributed by atoms with E-state index < -0.39 is 39.9 Å². The van der Waals surface area contributed by atoms with E-state index in [0.29, 0.717) is 32.4 Å². The SMILES string of the molecule is C=O.CCN=COP(CN1C(=O)[C@@H]2[C@H](C1=O)C1(C)C=CC2(C)O1)N(C(C)C)C(C)C.CS.SS.[2H]CCCCCCSSCCCCCCOP(OC=NCC)N(C(C)C)C(C)C.[2H]CCCSSCCCC.[3H]OC.[3H]OC. The molecule has 3 aliphatic heterocycles. The number of unbranched alkanes of at least 4 members (excludes halogenated alkanes) is 7. The Kier molecular flexibility index (Phi) is 56.8. The molecule has 3 heterocycles. The lowest BCUT2D eigenvalue weighted by atomic mass is 9.73. The second kappa shape index (κ2) is 56.4. The van der Waals surface area contributed by atoms with Crippen molar-refractivity contribution >= 4 is 127 Å². The van der Waals surface area contributed by atoms with Crippen LogP contribution in [0, 0.1) is 11.8 Å². The number of nitrogens with zero attached hydrogens (tertiary/aromatic N) is 5. The monoisotopic (exact) mass is 1240 g/mol. The number of aliphatic imine (C=N–C) groups is 2. The van der Waals surface area contributed by atoms with Gasteiger partial charge in [-0.05, 0) is 121 Å². The molecule has 448 valence electrons. The van der Waals surface area contributed by atoms with E-state index in [1.807, 2.05) is 89.8 Å². The molecule has 0 aromatic heterocycles. The Morgan fingerprint density at radius 1 is 0.720 bits per heavy atom. The number of aliphatic hydroxyl groups is 2. The first-order chi connectivity index (χ1) is 37.8. The van der Waals surface area contributed by atoms with E-state index in [2.05, 4.69) is 128 Å². The molecule has 0 saturated carbocycles. The molecule has 3 aliphatic rings. The van der Waals surface area contributed by atoms with Gasteiger partial charge in [-0.2, -0.15) is 12.6 Å². The first-order valence-corrected chi connectivity index (χ1v) is 36.2. The zero-order chi connectivity index (χ0) is 61.7. The van der Waals surface area contributed by atoms with Crippen LogP contribution < -0.4 is 0 Å². The number of ether oxygens (including phenoxy) is 1. The number of hydrogen-bond acceptors (Lipinski definition) is 20. The maximum absolute atomic E-state index is 13.3. The third-order valence-corrected chi connectivity index (χ3v) is 20.2. The van der Waals surface area contributed by atoms with Crippen LogP contribution in [0.5, 0.6) is 0 Å². The molecular formula is C52H109N5O9P2S7. The molecular weight excluding hydrogens is 1130 g/mol. The molecule has 0 aromatic carbocycles. The molecule has 75 heavy (non-hydrogen) atoms. The summed E-state index contributed by atoms with van der Waals surface area (Å²) in [5, 5.41) is 7.00. The van der Waals surface area contributed by atoms with Crippen LogP contribution in [-0.4, -0.2) is 164 Å². The molecule has 2 amide bonds. The highest BCUT2D eigenvalue weighted by atomic mass is 33.1. The molecule has 6 atom stereocenters. The van der Waals surface area contributed by atoms with Crippen molar-refractivity contribution in [2.75, 3.05) is 69.5 Å².